The molecule has 0 aromatic heterocycles. The number of carbonyl (C=O) groups excluding carboxylic acids is 2. The normalized spacial score (nSPS) is 22.1. The minimum absolute atomic E-state index is 0.246. The number of nitrogens with zero attached hydrogens (tertiary/aromatic N) is 1. The molecule has 3 aromatic carbocycles. The van der Waals surface area contributed by atoms with Crippen LogP contribution in [0.2, 0.25) is 0 Å². The minimum Gasteiger partial charge on any atom is -0.379 e. The van der Waals surface area contributed by atoms with E-state index in [9.17, 15) is 14.0 Å². The number of anilines is 2. The molecule has 1 saturated heterocycles. The number of amides is 1. The second-order valence-corrected chi connectivity index (χ2v) is 11.5. The Kier molecular flexibility index (Phi) is 8.01. The molecule has 2 N–H and O–H groups in total. The third-order valence-corrected chi connectivity index (χ3v) is 8.39. The molecule has 3 aromatic rings. The number of aryl methyl sites for hydroxylation is 2. The lowest BCUT2D eigenvalue weighted by Crippen LogP contribution is -2.42. The monoisotopic (exact) mass is 581 g/mol. The second-order valence-electron chi connectivity index (χ2n) is 11.5. The molecule has 0 spiro atoms. The van der Waals surface area contributed by atoms with Gasteiger partial charge in [-0.1, -0.05) is 48.5 Å². The number of halogens is 1. The van der Waals surface area contributed by atoms with Gasteiger partial charge in [0.15, 0.2) is 5.78 Å². The molecule has 1 amide bonds. The summed E-state index contributed by atoms with van der Waals surface area (Å²) in [6, 6.07) is 20.4. The molecule has 1 fully saturated rings. The van der Waals surface area contributed by atoms with Crippen molar-refractivity contribution in [1.82, 2.24) is 4.90 Å². The van der Waals surface area contributed by atoms with E-state index in [0.717, 1.165) is 49.7 Å². The smallest absolute Gasteiger partial charge is 0.255 e. The van der Waals surface area contributed by atoms with Gasteiger partial charge < -0.3 is 20.1 Å². The average molecular weight is 582 g/mol. The standard InChI is InChI=1S/C35H36FN3O4/c1-22-5-4-6-27(19-22)37-33(26-10-8-25(9-11-26)21-39-15-17-42-18-16-39)35-14-13-30(43-35)31(32(35)24(3)40)34(41)38-28-12-7-23(2)29(36)20-28/h4-14,19-20,30,33,37H,15-18,21H2,1-3H3,(H,38,41). The first kappa shape index (κ1) is 29.0. The van der Waals surface area contributed by atoms with Crippen LogP contribution < -0.4 is 10.6 Å². The van der Waals surface area contributed by atoms with Crippen molar-refractivity contribution in [2.75, 3.05) is 36.9 Å². The van der Waals surface area contributed by atoms with Crippen molar-refractivity contribution in [2.45, 2.75) is 45.1 Å². The van der Waals surface area contributed by atoms with E-state index in [2.05, 4.69) is 39.8 Å². The van der Waals surface area contributed by atoms with E-state index in [0.29, 0.717) is 16.8 Å². The van der Waals surface area contributed by atoms with Gasteiger partial charge in [-0.15, -0.1) is 0 Å². The lowest BCUT2D eigenvalue weighted by atomic mass is 9.77. The maximum absolute atomic E-state index is 14.2. The number of hydrogen-bond acceptors (Lipinski definition) is 6. The van der Waals surface area contributed by atoms with Gasteiger partial charge in [-0.25, -0.2) is 4.39 Å². The van der Waals surface area contributed by atoms with E-state index < -0.39 is 29.5 Å². The number of nitrogens with one attached hydrogen (secondary N) is 2. The van der Waals surface area contributed by atoms with Crippen LogP contribution in [-0.2, 0) is 25.6 Å². The van der Waals surface area contributed by atoms with Gasteiger partial charge in [0, 0.05) is 36.6 Å². The van der Waals surface area contributed by atoms with Crippen LogP contribution in [-0.4, -0.2) is 54.6 Å². The van der Waals surface area contributed by atoms with E-state index in [-0.39, 0.29) is 11.4 Å². The summed E-state index contributed by atoms with van der Waals surface area (Å²) in [5.41, 5.74) is 4.16. The SMILES string of the molecule is CC(=O)C1=C(C(=O)Nc2ccc(C)c(F)c2)C2C=CC1(C(Nc1cccc(C)c1)c1ccc(CN3CCOCC3)cc1)O2. The zero-order chi connectivity index (χ0) is 30.1. The Hall–Kier alpha value is -4.11. The molecule has 0 aliphatic carbocycles. The Balaban J connectivity index is 1.37. The van der Waals surface area contributed by atoms with Gasteiger partial charge in [0.1, 0.15) is 17.5 Å². The minimum atomic E-state index is -1.23. The molecular formula is C35H36FN3O4. The Morgan fingerprint density at radius 3 is 2.49 bits per heavy atom. The molecule has 3 atom stereocenters. The van der Waals surface area contributed by atoms with Gasteiger partial charge in [0.05, 0.1) is 24.8 Å². The van der Waals surface area contributed by atoms with Crippen molar-refractivity contribution in [3.63, 3.8) is 0 Å². The van der Waals surface area contributed by atoms with Gasteiger partial charge in [0.25, 0.3) is 5.91 Å². The maximum Gasteiger partial charge on any atom is 0.255 e. The number of rotatable bonds is 9. The number of ketones is 1. The van der Waals surface area contributed by atoms with E-state index in [1.54, 1.807) is 19.1 Å². The Bertz CT molecular complexity index is 1610. The first-order valence-corrected chi connectivity index (χ1v) is 14.7. The first-order chi connectivity index (χ1) is 20.7. The summed E-state index contributed by atoms with van der Waals surface area (Å²) in [6.45, 7) is 9.24. The first-order valence-electron chi connectivity index (χ1n) is 14.7. The zero-order valence-electron chi connectivity index (χ0n) is 24.7. The predicted octanol–water partition coefficient (Wildman–Crippen LogP) is 5.66. The molecule has 8 heteroatoms. The molecule has 2 bridgehead atoms. The van der Waals surface area contributed by atoms with Gasteiger partial charge >= 0.3 is 0 Å². The Labute approximate surface area is 251 Å². The van der Waals surface area contributed by atoms with Crippen LogP contribution in [0.3, 0.4) is 0 Å². The second kappa shape index (κ2) is 11.9. The molecular weight excluding hydrogens is 545 g/mol. The lowest BCUT2D eigenvalue weighted by Gasteiger charge is -2.36. The largest absolute Gasteiger partial charge is 0.379 e. The van der Waals surface area contributed by atoms with Crippen molar-refractivity contribution in [2.24, 2.45) is 0 Å². The zero-order valence-corrected chi connectivity index (χ0v) is 24.7. The van der Waals surface area contributed by atoms with Crippen LogP contribution in [0.1, 0.15) is 35.2 Å². The molecule has 0 radical (unpaired) electrons. The highest BCUT2D eigenvalue weighted by atomic mass is 19.1. The van der Waals surface area contributed by atoms with Crippen LogP contribution in [0.5, 0.6) is 0 Å². The summed E-state index contributed by atoms with van der Waals surface area (Å²) < 4.78 is 26.3. The highest BCUT2D eigenvalue weighted by Crippen LogP contribution is 2.51. The average Bonchev–Trinajstić information content (AvgIpc) is 3.57. The molecule has 3 aliphatic rings. The Morgan fingerprint density at radius 2 is 1.79 bits per heavy atom. The third kappa shape index (κ3) is 5.78. The number of fused-ring (bicyclic) bond motifs is 2. The summed E-state index contributed by atoms with van der Waals surface area (Å²) in [6.07, 6.45) is 3.01. The fraction of sp³-hybridized carbons (Fsp3) is 0.314. The van der Waals surface area contributed by atoms with E-state index in [4.69, 9.17) is 9.47 Å². The molecule has 3 aliphatic heterocycles. The number of carbonyl (C=O) groups is 2. The van der Waals surface area contributed by atoms with Crippen molar-refractivity contribution >= 4 is 23.1 Å². The molecule has 222 valence electrons. The molecule has 43 heavy (non-hydrogen) atoms. The lowest BCUT2D eigenvalue weighted by molar-refractivity contribution is -0.116. The van der Waals surface area contributed by atoms with E-state index in [1.165, 1.54) is 18.6 Å². The van der Waals surface area contributed by atoms with Crippen LogP contribution in [0.4, 0.5) is 15.8 Å². The van der Waals surface area contributed by atoms with Crippen LogP contribution >= 0.6 is 0 Å². The summed E-state index contributed by atoms with van der Waals surface area (Å²) in [5.74, 6) is -1.16. The molecule has 0 saturated carbocycles. The highest BCUT2D eigenvalue weighted by Gasteiger charge is 2.57. The number of Topliss-reactive ketones (excluding diaryl/α,β-unsaturated/α-hetero) is 1. The molecule has 3 unspecified atom stereocenters. The molecule has 6 rings (SSSR count). The quantitative estimate of drug-likeness (QED) is 0.318. The highest BCUT2D eigenvalue weighted by molar-refractivity contribution is 6.13. The van der Waals surface area contributed by atoms with E-state index >= 15 is 0 Å². The van der Waals surface area contributed by atoms with Crippen molar-refractivity contribution < 1.29 is 23.5 Å². The predicted molar refractivity (Wildman–Crippen MR) is 164 cm³/mol. The van der Waals surface area contributed by atoms with Crippen molar-refractivity contribution in [3.8, 4) is 0 Å². The van der Waals surface area contributed by atoms with Gasteiger partial charge in [-0.2, -0.15) is 0 Å². The van der Waals surface area contributed by atoms with Crippen LogP contribution in [0, 0.1) is 19.7 Å². The molecule has 3 heterocycles. The van der Waals surface area contributed by atoms with Gasteiger partial charge in [-0.3, -0.25) is 14.5 Å². The van der Waals surface area contributed by atoms with Crippen molar-refractivity contribution in [3.05, 3.63) is 118 Å². The Morgan fingerprint density at radius 1 is 1.02 bits per heavy atom. The van der Waals surface area contributed by atoms with E-state index in [1.807, 2.05) is 43.3 Å². The number of morpholine rings is 1. The fourth-order valence-electron chi connectivity index (χ4n) is 6.23. The van der Waals surface area contributed by atoms with Crippen LogP contribution in [0.25, 0.3) is 0 Å². The topological polar surface area (TPSA) is 79.9 Å². The van der Waals surface area contributed by atoms with Crippen LogP contribution in [0.15, 0.2) is 90.0 Å². The molecule has 7 nitrogen and oxygen atoms in total. The number of hydrogen-bond donors (Lipinski definition) is 2. The van der Waals surface area contributed by atoms with Gasteiger partial charge in [-0.05, 0) is 73.4 Å². The van der Waals surface area contributed by atoms with Crippen molar-refractivity contribution in [1.29, 1.82) is 0 Å². The summed E-state index contributed by atoms with van der Waals surface area (Å²) in [4.78, 5) is 29.4. The fourth-order valence-corrected chi connectivity index (χ4v) is 6.23. The number of ether oxygens (including phenoxy) is 2. The third-order valence-electron chi connectivity index (χ3n) is 8.39. The number of benzene rings is 3. The summed E-state index contributed by atoms with van der Waals surface area (Å²) in [5, 5.41) is 6.42. The maximum atomic E-state index is 14.2. The van der Waals surface area contributed by atoms with Gasteiger partial charge in [0.2, 0.25) is 0 Å². The summed E-state index contributed by atoms with van der Waals surface area (Å²) in [7, 11) is 0. The summed E-state index contributed by atoms with van der Waals surface area (Å²) >= 11 is 0.